The fourth-order valence-electron chi connectivity index (χ4n) is 1.12. The first-order chi connectivity index (χ1) is 6.18. The number of amides is 1. The normalized spacial score (nSPS) is 16.1. The van der Waals surface area contributed by atoms with Crippen LogP contribution in [0.1, 0.15) is 13.3 Å². The first-order valence-corrected chi connectivity index (χ1v) is 8.60. The van der Waals surface area contributed by atoms with Crippen molar-refractivity contribution < 1.29 is 9.90 Å². The van der Waals surface area contributed by atoms with Crippen LogP contribution < -0.4 is 11.1 Å². The van der Waals surface area contributed by atoms with Crippen LogP contribution in [-0.2, 0) is 0 Å². The topological polar surface area (TPSA) is 75.3 Å². The fourth-order valence-corrected chi connectivity index (χ4v) is 2.43. The lowest BCUT2D eigenvalue weighted by Crippen LogP contribution is -2.51. The van der Waals surface area contributed by atoms with Crippen molar-refractivity contribution in [2.45, 2.75) is 44.6 Å². The molecule has 0 rings (SSSR count). The van der Waals surface area contributed by atoms with Gasteiger partial charge >= 0.3 is 6.09 Å². The lowest BCUT2D eigenvalue weighted by atomic mass is 10.00. The molecule has 0 aliphatic rings. The third kappa shape index (κ3) is 5.99. The van der Waals surface area contributed by atoms with Crippen LogP contribution in [0.25, 0.3) is 0 Å². The van der Waals surface area contributed by atoms with Crippen molar-refractivity contribution in [1.29, 1.82) is 0 Å². The van der Waals surface area contributed by atoms with Crippen molar-refractivity contribution in [3.63, 3.8) is 0 Å². The number of nitrogens with one attached hydrogen (secondary N) is 1. The Hall–Kier alpha value is -0.553. The van der Waals surface area contributed by atoms with E-state index in [2.05, 4.69) is 25.0 Å². The Bertz CT molecular complexity index is 203. The molecule has 1 atom stereocenters. The van der Waals surface area contributed by atoms with Gasteiger partial charge in [-0.3, -0.25) is 0 Å². The molecular weight excluding hydrogens is 196 g/mol. The van der Waals surface area contributed by atoms with E-state index in [1.807, 2.05) is 6.92 Å². The Morgan fingerprint density at radius 2 is 2.00 bits per heavy atom. The van der Waals surface area contributed by atoms with Gasteiger partial charge < -0.3 is 16.2 Å². The third-order valence-corrected chi connectivity index (χ3v) is 4.04. The molecular formula is C9H22N2O2Si. The lowest BCUT2D eigenvalue weighted by Gasteiger charge is -2.30. The van der Waals surface area contributed by atoms with E-state index in [1.165, 1.54) is 0 Å². The van der Waals surface area contributed by atoms with E-state index in [1.54, 1.807) is 0 Å². The van der Waals surface area contributed by atoms with Crippen molar-refractivity contribution >= 4 is 14.2 Å². The molecule has 0 aliphatic heterocycles. The second kappa shape index (κ2) is 4.79. The highest BCUT2D eigenvalue weighted by Crippen LogP contribution is 2.18. The summed E-state index contributed by atoms with van der Waals surface area (Å²) >= 11 is 0. The zero-order valence-electron chi connectivity index (χ0n) is 9.55. The van der Waals surface area contributed by atoms with Crippen LogP contribution in [0.2, 0.25) is 25.7 Å². The van der Waals surface area contributed by atoms with Crippen molar-refractivity contribution in [2.24, 2.45) is 5.73 Å². The van der Waals surface area contributed by atoms with Crippen molar-refractivity contribution in [3.8, 4) is 0 Å². The van der Waals surface area contributed by atoms with Gasteiger partial charge in [0.2, 0.25) is 0 Å². The Morgan fingerprint density at radius 3 is 2.29 bits per heavy atom. The number of carboxylic acid groups (broad SMARTS) is 1. The molecule has 0 bridgehead atoms. The largest absolute Gasteiger partial charge is 0.465 e. The number of rotatable bonds is 5. The minimum atomic E-state index is -1.12. The summed E-state index contributed by atoms with van der Waals surface area (Å²) in [6, 6.07) is 1.08. The Balaban J connectivity index is 4.19. The highest BCUT2D eigenvalue weighted by Gasteiger charge is 2.27. The first kappa shape index (κ1) is 13.4. The summed E-state index contributed by atoms with van der Waals surface area (Å²) in [5, 5.41) is 11.1. The molecule has 0 aromatic rings. The van der Waals surface area contributed by atoms with Crippen LogP contribution in [0.5, 0.6) is 0 Å². The molecule has 4 nitrogen and oxygen atoms in total. The highest BCUT2D eigenvalue weighted by molar-refractivity contribution is 6.76. The summed E-state index contributed by atoms with van der Waals surface area (Å²) in [5.41, 5.74) is 5.11. The monoisotopic (exact) mass is 218 g/mol. The minimum absolute atomic E-state index is 0.351. The summed E-state index contributed by atoms with van der Waals surface area (Å²) in [4.78, 5) is 10.5. The van der Waals surface area contributed by atoms with E-state index in [-0.39, 0.29) is 0 Å². The smallest absolute Gasteiger partial charge is 0.405 e. The highest BCUT2D eigenvalue weighted by atomic mass is 28.3. The van der Waals surface area contributed by atoms with E-state index < -0.39 is 19.7 Å². The van der Waals surface area contributed by atoms with Gasteiger partial charge in [-0.1, -0.05) is 25.7 Å². The lowest BCUT2D eigenvalue weighted by molar-refractivity contribution is 0.179. The quantitative estimate of drug-likeness (QED) is 0.615. The molecule has 0 aromatic heterocycles. The van der Waals surface area contributed by atoms with E-state index in [9.17, 15) is 4.79 Å². The number of hydrogen-bond donors (Lipinski definition) is 3. The van der Waals surface area contributed by atoms with Gasteiger partial charge in [-0.2, -0.15) is 0 Å². The second-order valence-electron chi connectivity index (χ2n) is 5.26. The average molecular weight is 218 g/mol. The number of carbonyl (C=O) groups is 1. The summed E-state index contributed by atoms with van der Waals surface area (Å²) in [7, 11) is -1.12. The summed E-state index contributed by atoms with van der Waals surface area (Å²) in [5.74, 6) is 0. The Morgan fingerprint density at radius 1 is 1.50 bits per heavy atom. The molecule has 0 radical (unpaired) electrons. The molecule has 0 aromatic carbocycles. The predicted molar refractivity (Wildman–Crippen MR) is 61.4 cm³/mol. The van der Waals surface area contributed by atoms with Gasteiger partial charge in [0.25, 0.3) is 0 Å². The van der Waals surface area contributed by atoms with Crippen LogP contribution in [0, 0.1) is 0 Å². The van der Waals surface area contributed by atoms with E-state index >= 15 is 0 Å². The molecule has 4 N–H and O–H groups in total. The molecule has 1 unspecified atom stereocenters. The van der Waals surface area contributed by atoms with Gasteiger partial charge in [0.1, 0.15) is 0 Å². The van der Waals surface area contributed by atoms with Gasteiger partial charge in [-0.15, -0.1) is 0 Å². The van der Waals surface area contributed by atoms with Gasteiger partial charge in [0.05, 0.1) is 5.54 Å². The molecule has 0 heterocycles. The average Bonchev–Trinajstić information content (AvgIpc) is 1.99. The van der Waals surface area contributed by atoms with Crippen LogP contribution in [-0.4, -0.2) is 31.4 Å². The van der Waals surface area contributed by atoms with E-state index in [0.29, 0.717) is 6.54 Å². The summed E-state index contributed by atoms with van der Waals surface area (Å²) in [6.45, 7) is 9.02. The van der Waals surface area contributed by atoms with Crippen molar-refractivity contribution in [3.05, 3.63) is 0 Å². The van der Waals surface area contributed by atoms with Crippen molar-refractivity contribution in [2.75, 3.05) is 6.54 Å². The molecule has 5 heteroatoms. The summed E-state index contributed by atoms with van der Waals surface area (Å²) < 4.78 is 0. The molecule has 0 spiro atoms. The standard InChI is InChI=1S/C9H22N2O2Si/c1-9(7-10,11-8(12)13)5-6-14(2,3)4/h11H,5-7,10H2,1-4H3,(H,12,13). The maximum Gasteiger partial charge on any atom is 0.405 e. The van der Waals surface area contributed by atoms with Crippen LogP contribution in [0.3, 0.4) is 0 Å². The number of hydrogen-bond acceptors (Lipinski definition) is 2. The van der Waals surface area contributed by atoms with Gasteiger partial charge in [-0.25, -0.2) is 4.79 Å². The zero-order chi connectivity index (χ0) is 11.4. The molecule has 1 amide bonds. The van der Waals surface area contributed by atoms with Gasteiger partial charge in [-0.05, 0) is 13.3 Å². The van der Waals surface area contributed by atoms with Crippen LogP contribution in [0.4, 0.5) is 4.79 Å². The fraction of sp³-hybridized carbons (Fsp3) is 0.889. The van der Waals surface area contributed by atoms with E-state index in [0.717, 1.165) is 12.5 Å². The molecule has 0 saturated heterocycles. The van der Waals surface area contributed by atoms with Crippen LogP contribution >= 0.6 is 0 Å². The maximum atomic E-state index is 10.5. The summed E-state index contributed by atoms with van der Waals surface area (Å²) in [6.07, 6.45) is -0.167. The van der Waals surface area contributed by atoms with E-state index in [4.69, 9.17) is 10.8 Å². The van der Waals surface area contributed by atoms with Crippen LogP contribution in [0.15, 0.2) is 0 Å². The molecule has 0 fully saturated rings. The third-order valence-electron chi connectivity index (χ3n) is 2.29. The maximum absolute atomic E-state index is 10.5. The molecule has 0 saturated carbocycles. The molecule has 84 valence electrons. The first-order valence-electron chi connectivity index (χ1n) is 4.90. The molecule has 14 heavy (non-hydrogen) atoms. The SMILES string of the molecule is CC(CN)(CC[Si](C)(C)C)NC(=O)O. The zero-order valence-corrected chi connectivity index (χ0v) is 10.6. The second-order valence-corrected chi connectivity index (χ2v) is 10.9. The number of nitrogens with two attached hydrogens (primary N) is 1. The van der Waals surface area contributed by atoms with Gasteiger partial charge in [0.15, 0.2) is 0 Å². The predicted octanol–water partition coefficient (Wildman–Crippen LogP) is 1.70. The van der Waals surface area contributed by atoms with Gasteiger partial charge in [0, 0.05) is 14.6 Å². The van der Waals surface area contributed by atoms with Crippen molar-refractivity contribution in [1.82, 2.24) is 5.32 Å². The molecule has 0 aliphatic carbocycles. The Labute approximate surface area is 86.9 Å². The Kier molecular flexibility index (Phi) is 4.60. The minimum Gasteiger partial charge on any atom is -0.465 e.